The number of aryl methyl sites for hydroxylation is 1. The Hall–Kier alpha value is -1.40. The van der Waals surface area contributed by atoms with Crippen LogP contribution < -0.4 is 11.1 Å². The van der Waals surface area contributed by atoms with Crippen LogP contribution in [0.15, 0.2) is 6.20 Å². The molecule has 6 nitrogen and oxygen atoms in total. The normalized spacial score (nSPS) is 12.4. The molecule has 1 aromatic rings. The lowest BCUT2D eigenvalue weighted by atomic mass is 10.2. The number of nitrogen functional groups attached to an aromatic ring is 1. The molecule has 0 aliphatic carbocycles. The number of anilines is 2. The molecule has 1 rings (SSSR count). The van der Waals surface area contributed by atoms with Crippen LogP contribution in [0.25, 0.3) is 0 Å². The molecule has 0 aliphatic rings. The third-order valence-corrected chi connectivity index (χ3v) is 2.28. The molecule has 1 unspecified atom stereocenters. The van der Waals surface area contributed by atoms with Crippen molar-refractivity contribution in [1.82, 2.24) is 9.97 Å². The lowest BCUT2D eigenvalue weighted by Crippen LogP contribution is -2.25. The van der Waals surface area contributed by atoms with Crippen molar-refractivity contribution < 1.29 is 9.84 Å². The van der Waals surface area contributed by atoms with Crippen LogP contribution in [0.2, 0.25) is 0 Å². The first-order valence-corrected chi connectivity index (χ1v) is 5.78. The summed E-state index contributed by atoms with van der Waals surface area (Å²) in [5.74, 6) is 0.902. The summed E-state index contributed by atoms with van der Waals surface area (Å²) >= 11 is 0. The van der Waals surface area contributed by atoms with E-state index in [-0.39, 0.29) is 5.95 Å². The molecule has 0 saturated carbocycles. The van der Waals surface area contributed by atoms with Crippen molar-refractivity contribution in [3.8, 4) is 0 Å². The second-order valence-electron chi connectivity index (χ2n) is 3.65. The summed E-state index contributed by atoms with van der Waals surface area (Å²) in [6.07, 6.45) is 1.94. The van der Waals surface area contributed by atoms with Crippen LogP contribution in [0.5, 0.6) is 0 Å². The summed E-state index contributed by atoms with van der Waals surface area (Å²) < 4.78 is 5.12. The van der Waals surface area contributed by atoms with E-state index in [4.69, 9.17) is 10.5 Å². The summed E-state index contributed by atoms with van der Waals surface area (Å²) in [5.41, 5.74) is 6.49. The summed E-state index contributed by atoms with van der Waals surface area (Å²) in [6.45, 7) is 5.18. The zero-order valence-electron chi connectivity index (χ0n) is 10.3. The third-order valence-electron chi connectivity index (χ3n) is 2.28. The average molecular weight is 240 g/mol. The lowest BCUT2D eigenvalue weighted by Gasteiger charge is -2.14. The molecule has 1 atom stereocenters. The number of aliphatic hydroxyl groups excluding tert-OH is 1. The van der Waals surface area contributed by atoms with E-state index in [1.165, 1.54) is 0 Å². The first-order valence-electron chi connectivity index (χ1n) is 5.78. The van der Waals surface area contributed by atoms with Crippen molar-refractivity contribution in [3.63, 3.8) is 0 Å². The van der Waals surface area contributed by atoms with Crippen LogP contribution in [0.1, 0.15) is 19.4 Å². The van der Waals surface area contributed by atoms with Crippen LogP contribution in [0.4, 0.5) is 11.8 Å². The number of nitrogens with zero attached hydrogens (tertiary/aromatic N) is 2. The fourth-order valence-electron chi connectivity index (χ4n) is 1.36. The molecule has 96 valence electrons. The molecular weight excluding hydrogens is 220 g/mol. The molecule has 4 N–H and O–H groups in total. The van der Waals surface area contributed by atoms with E-state index in [1.807, 2.05) is 13.8 Å². The molecule has 0 fully saturated rings. The van der Waals surface area contributed by atoms with Crippen LogP contribution in [0.3, 0.4) is 0 Å². The van der Waals surface area contributed by atoms with Crippen molar-refractivity contribution >= 4 is 11.8 Å². The SMILES string of the molecule is CCOCC(O)CNc1nc(N)ncc1CC. The van der Waals surface area contributed by atoms with Gasteiger partial charge in [-0.3, -0.25) is 0 Å². The van der Waals surface area contributed by atoms with Gasteiger partial charge in [0.25, 0.3) is 0 Å². The van der Waals surface area contributed by atoms with E-state index >= 15 is 0 Å². The van der Waals surface area contributed by atoms with Crippen LogP contribution in [0, 0.1) is 0 Å². The number of ether oxygens (including phenoxy) is 1. The van der Waals surface area contributed by atoms with E-state index in [0.717, 1.165) is 12.0 Å². The molecule has 0 spiro atoms. The molecule has 0 saturated heterocycles. The fraction of sp³-hybridized carbons (Fsp3) is 0.636. The predicted molar refractivity (Wildman–Crippen MR) is 66.8 cm³/mol. The van der Waals surface area contributed by atoms with Crippen molar-refractivity contribution in [1.29, 1.82) is 0 Å². The highest BCUT2D eigenvalue weighted by Gasteiger charge is 2.07. The summed E-state index contributed by atoms with van der Waals surface area (Å²) in [4.78, 5) is 8.03. The minimum atomic E-state index is -0.559. The van der Waals surface area contributed by atoms with Crippen LogP contribution in [-0.2, 0) is 11.2 Å². The molecule has 0 amide bonds. The topological polar surface area (TPSA) is 93.3 Å². The summed E-state index contributed by atoms with van der Waals surface area (Å²) in [7, 11) is 0. The Kier molecular flexibility index (Phi) is 5.65. The highest BCUT2D eigenvalue weighted by Crippen LogP contribution is 2.12. The van der Waals surface area contributed by atoms with E-state index in [2.05, 4.69) is 15.3 Å². The molecule has 17 heavy (non-hydrogen) atoms. The van der Waals surface area contributed by atoms with Gasteiger partial charge in [-0.1, -0.05) is 6.92 Å². The Labute approximate surface area is 101 Å². The van der Waals surface area contributed by atoms with E-state index in [0.29, 0.717) is 25.6 Å². The number of nitrogens with two attached hydrogens (primary N) is 1. The van der Waals surface area contributed by atoms with Gasteiger partial charge in [-0.05, 0) is 13.3 Å². The molecule has 0 bridgehead atoms. The van der Waals surface area contributed by atoms with E-state index in [1.54, 1.807) is 6.20 Å². The van der Waals surface area contributed by atoms with Gasteiger partial charge in [0.15, 0.2) is 0 Å². The summed E-state index contributed by atoms with van der Waals surface area (Å²) in [6, 6.07) is 0. The molecular formula is C11H20N4O2. The van der Waals surface area contributed by atoms with Gasteiger partial charge in [0, 0.05) is 24.9 Å². The van der Waals surface area contributed by atoms with Gasteiger partial charge in [0.1, 0.15) is 5.82 Å². The van der Waals surface area contributed by atoms with E-state index < -0.39 is 6.10 Å². The number of aromatic nitrogens is 2. The zero-order chi connectivity index (χ0) is 12.7. The smallest absolute Gasteiger partial charge is 0.221 e. The summed E-state index contributed by atoms with van der Waals surface area (Å²) in [5, 5.41) is 12.7. The monoisotopic (exact) mass is 240 g/mol. The Morgan fingerprint density at radius 1 is 1.53 bits per heavy atom. The first kappa shape index (κ1) is 13.7. The Bertz CT molecular complexity index is 346. The Morgan fingerprint density at radius 2 is 2.29 bits per heavy atom. The van der Waals surface area contributed by atoms with Gasteiger partial charge in [0.2, 0.25) is 5.95 Å². The van der Waals surface area contributed by atoms with Crippen molar-refractivity contribution in [2.24, 2.45) is 0 Å². The van der Waals surface area contributed by atoms with Gasteiger partial charge >= 0.3 is 0 Å². The number of hydrogen-bond acceptors (Lipinski definition) is 6. The third kappa shape index (κ3) is 4.54. The molecule has 0 aromatic carbocycles. The minimum absolute atomic E-state index is 0.226. The Balaban J connectivity index is 2.52. The Morgan fingerprint density at radius 3 is 2.94 bits per heavy atom. The number of aliphatic hydroxyl groups is 1. The van der Waals surface area contributed by atoms with Gasteiger partial charge in [-0.2, -0.15) is 4.98 Å². The highest BCUT2D eigenvalue weighted by molar-refractivity contribution is 5.46. The zero-order valence-corrected chi connectivity index (χ0v) is 10.3. The average Bonchev–Trinajstić information content (AvgIpc) is 2.34. The van der Waals surface area contributed by atoms with Crippen molar-refractivity contribution in [3.05, 3.63) is 11.8 Å². The van der Waals surface area contributed by atoms with Crippen molar-refractivity contribution in [2.75, 3.05) is 30.8 Å². The maximum absolute atomic E-state index is 9.61. The second kappa shape index (κ2) is 7.03. The standard InChI is InChI=1S/C11H20N4O2/c1-3-8-5-14-11(12)15-10(8)13-6-9(16)7-17-4-2/h5,9,16H,3-4,6-7H2,1-2H3,(H3,12,13,14,15). The van der Waals surface area contributed by atoms with Gasteiger partial charge in [-0.15, -0.1) is 0 Å². The number of nitrogens with one attached hydrogen (secondary N) is 1. The fourth-order valence-corrected chi connectivity index (χ4v) is 1.36. The number of rotatable bonds is 7. The number of hydrogen-bond donors (Lipinski definition) is 3. The minimum Gasteiger partial charge on any atom is -0.389 e. The van der Waals surface area contributed by atoms with Crippen LogP contribution in [-0.4, -0.2) is 40.9 Å². The molecule has 0 aliphatic heterocycles. The second-order valence-corrected chi connectivity index (χ2v) is 3.65. The molecule has 1 aromatic heterocycles. The van der Waals surface area contributed by atoms with Gasteiger partial charge in [-0.25, -0.2) is 4.98 Å². The lowest BCUT2D eigenvalue weighted by molar-refractivity contribution is 0.0495. The predicted octanol–water partition coefficient (Wildman–Crippen LogP) is 0.430. The van der Waals surface area contributed by atoms with E-state index in [9.17, 15) is 5.11 Å². The molecule has 0 radical (unpaired) electrons. The molecule has 1 heterocycles. The van der Waals surface area contributed by atoms with Gasteiger partial charge < -0.3 is 20.9 Å². The first-order chi connectivity index (χ1) is 8.17. The van der Waals surface area contributed by atoms with Crippen molar-refractivity contribution in [2.45, 2.75) is 26.4 Å². The quantitative estimate of drug-likeness (QED) is 0.640. The molecule has 6 heteroatoms. The maximum atomic E-state index is 9.61. The maximum Gasteiger partial charge on any atom is 0.221 e. The van der Waals surface area contributed by atoms with Gasteiger partial charge in [0.05, 0.1) is 12.7 Å². The highest BCUT2D eigenvalue weighted by atomic mass is 16.5. The van der Waals surface area contributed by atoms with Crippen LogP contribution >= 0.6 is 0 Å². The largest absolute Gasteiger partial charge is 0.389 e.